The topological polar surface area (TPSA) is 41.8 Å². The predicted molar refractivity (Wildman–Crippen MR) is 79.0 cm³/mol. The molecule has 1 saturated heterocycles. The van der Waals surface area contributed by atoms with Crippen LogP contribution in [0.1, 0.15) is 25.5 Å². The molecule has 0 spiro atoms. The van der Waals surface area contributed by atoms with Gasteiger partial charge in [-0.3, -0.25) is 0 Å². The number of nitrogens with zero attached hydrogens (tertiary/aromatic N) is 4. The van der Waals surface area contributed by atoms with Crippen LogP contribution >= 0.6 is 12.2 Å². The van der Waals surface area contributed by atoms with Gasteiger partial charge >= 0.3 is 0 Å². The molecule has 2 aromatic rings. The maximum Gasteiger partial charge on any atom is 0.179 e. The van der Waals surface area contributed by atoms with Gasteiger partial charge in [0.1, 0.15) is 5.52 Å². The third-order valence-electron chi connectivity index (χ3n) is 4.20. The van der Waals surface area contributed by atoms with E-state index in [2.05, 4.69) is 33.5 Å². The van der Waals surface area contributed by atoms with E-state index in [0.717, 1.165) is 34.7 Å². The highest BCUT2D eigenvalue weighted by Crippen LogP contribution is 2.22. The number of aromatic nitrogens is 4. The highest BCUT2D eigenvalue weighted by Gasteiger charge is 2.23. The largest absolute Gasteiger partial charge is 0.328 e. The van der Waals surface area contributed by atoms with E-state index in [4.69, 9.17) is 12.2 Å². The summed E-state index contributed by atoms with van der Waals surface area (Å²) in [7, 11) is 2.20. The summed E-state index contributed by atoms with van der Waals surface area (Å²) in [4.78, 5) is 5.75. The molecule has 0 bridgehead atoms. The van der Waals surface area contributed by atoms with Crippen LogP contribution in [0.3, 0.4) is 0 Å². The van der Waals surface area contributed by atoms with Crippen LogP contribution in [0.25, 0.3) is 11.2 Å². The number of likely N-dealkylation sites (tertiary alicyclic amines) is 1. The van der Waals surface area contributed by atoms with E-state index in [1.807, 2.05) is 11.6 Å². The molecule has 1 aliphatic rings. The number of likely N-dealkylation sites (N-methyl/N-ethyl adjacent to an activating group) is 1. The maximum atomic E-state index is 5.49. The van der Waals surface area contributed by atoms with Crippen molar-refractivity contribution in [1.29, 1.82) is 0 Å². The first kappa shape index (κ1) is 12.9. The van der Waals surface area contributed by atoms with E-state index >= 15 is 0 Å². The summed E-state index contributed by atoms with van der Waals surface area (Å²) in [6.45, 7) is 7.18. The monoisotopic (exact) mass is 279 g/mol. The molecule has 6 heteroatoms. The Kier molecular flexibility index (Phi) is 3.22. The first-order valence-corrected chi connectivity index (χ1v) is 7.38. The number of nitrogens with one attached hydrogen (secondary N) is 1. The van der Waals surface area contributed by atoms with Crippen LogP contribution in [0.2, 0.25) is 0 Å². The second kappa shape index (κ2) is 4.76. The Morgan fingerprint density at radius 2 is 2.26 bits per heavy atom. The van der Waals surface area contributed by atoms with Gasteiger partial charge in [0.15, 0.2) is 10.4 Å². The van der Waals surface area contributed by atoms with Crippen molar-refractivity contribution >= 4 is 23.4 Å². The third-order valence-corrected chi connectivity index (χ3v) is 4.52. The summed E-state index contributed by atoms with van der Waals surface area (Å²) in [5.74, 6) is 0. The molecule has 0 saturated carbocycles. The molecule has 0 radical (unpaired) electrons. The first-order chi connectivity index (χ1) is 9.11. The zero-order valence-electron chi connectivity index (χ0n) is 11.8. The number of aryl methyl sites for hydroxylation is 2. The lowest BCUT2D eigenvalue weighted by Gasteiger charge is -2.20. The van der Waals surface area contributed by atoms with E-state index in [1.54, 1.807) is 0 Å². The van der Waals surface area contributed by atoms with Crippen LogP contribution in [0.15, 0.2) is 0 Å². The maximum absolute atomic E-state index is 5.49. The molecule has 1 fully saturated rings. The number of aromatic amines is 1. The minimum absolute atomic E-state index is 0.589. The van der Waals surface area contributed by atoms with Gasteiger partial charge in [0.2, 0.25) is 0 Å². The Labute approximate surface area is 118 Å². The molecule has 104 valence electrons. The third kappa shape index (κ3) is 2.03. The van der Waals surface area contributed by atoms with Crippen molar-refractivity contribution in [1.82, 2.24) is 24.2 Å². The number of H-pyrrole nitrogens is 1. The van der Waals surface area contributed by atoms with Gasteiger partial charge in [0, 0.05) is 19.1 Å². The zero-order chi connectivity index (χ0) is 13.6. The molecular formula is C13H21N5S. The van der Waals surface area contributed by atoms with Gasteiger partial charge in [0.05, 0.1) is 5.69 Å². The summed E-state index contributed by atoms with van der Waals surface area (Å²) in [6, 6.07) is 0.589. The molecule has 1 atom stereocenters. The van der Waals surface area contributed by atoms with Gasteiger partial charge < -0.3 is 14.5 Å². The molecule has 3 rings (SSSR count). The average Bonchev–Trinajstić information content (AvgIpc) is 3.01. The summed E-state index contributed by atoms with van der Waals surface area (Å²) in [5, 5.41) is 4.57. The van der Waals surface area contributed by atoms with E-state index in [0.29, 0.717) is 6.04 Å². The lowest BCUT2D eigenvalue weighted by molar-refractivity contribution is 0.282. The normalized spacial score (nSPS) is 20.7. The standard InChI is InChI=1S/C13H21N5S/c1-4-18-12-11(9(2)15-18)14-13(19)17(12)8-10-6-5-7-16(10)3/h10H,4-8H2,1-3H3,(H,14,19). The number of imidazole rings is 1. The Hall–Kier alpha value is -1.14. The Bertz CT molecular complexity index is 650. The van der Waals surface area contributed by atoms with Crippen LogP contribution in [0.4, 0.5) is 0 Å². The quantitative estimate of drug-likeness (QED) is 0.877. The van der Waals surface area contributed by atoms with Crippen molar-refractivity contribution in [2.45, 2.75) is 45.8 Å². The lowest BCUT2D eigenvalue weighted by atomic mass is 10.2. The van der Waals surface area contributed by atoms with Crippen LogP contribution < -0.4 is 0 Å². The highest BCUT2D eigenvalue weighted by atomic mass is 32.1. The summed E-state index contributed by atoms with van der Waals surface area (Å²) in [5.41, 5.74) is 3.26. The van der Waals surface area contributed by atoms with E-state index in [1.165, 1.54) is 19.4 Å². The van der Waals surface area contributed by atoms with Crippen molar-refractivity contribution in [3.8, 4) is 0 Å². The second-order valence-electron chi connectivity index (χ2n) is 5.42. The predicted octanol–water partition coefficient (Wildman–Crippen LogP) is 2.32. The van der Waals surface area contributed by atoms with Crippen molar-refractivity contribution in [2.75, 3.05) is 13.6 Å². The molecule has 3 heterocycles. The fourth-order valence-electron chi connectivity index (χ4n) is 3.07. The summed E-state index contributed by atoms with van der Waals surface area (Å²) in [6.07, 6.45) is 2.54. The fourth-order valence-corrected chi connectivity index (χ4v) is 3.33. The Morgan fingerprint density at radius 3 is 2.89 bits per heavy atom. The van der Waals surface area contributed by atoms with Gasteiger partial charge in [0.25, 0.3) is 0 Å². The molecule has 2 aromatic heterocycles. The van der Waals surface area contributed by atoms with Gasteiger partial charge in [-0.25, -0.2) is 4.68 Å². The van der Waals surface area contributed by atoms with Crippen LogP contribution in [-0.2, 0) is 13.1 Å². The summed E-state index contributed by atoms with van der Waals surface area (Å²) < 4.78 is 5.09. The van der Waals surface area contributed by atoms with E-state index < -0.39 is 0 Å². The van der Waals surface area contributed by atoms with Crippen molar-refractivity contribution < 1.29 is 0 Å². The molecule has 0 amide bonds. The van der Waals surface area contributed by atoms with Crippen LogP contribution in [-0.4, -0.2) is 43.9 Å². The number of hydrogen-bond donors (Lipinski definition) is 1. The molecule has 0 aromatic carbocycles. The Balaban J connectivity index is 2.07. The molecule has 5 nitrogen and oxygen atoms in total. The SMILES string of the molecule is CCn1nc(C)c2[nH]c(=S)n(CC3CCCN3C)c21. The number of fused-ring (bicyclic) bond motifs is 1. The lowest BCUT2D eigenvalue weighted by Crippen LogP contribution is -2.29. The molecule has 1 N–H and O–H groups in total. The smallest absolute Gasteiger partial charge is 0.179 e. The Morgan fingerprint density at radius 1 is 1.47 bits per heavy atom. The van der Waals surface area contributed by atoms with Gasteiger partial charge in [-0.05, 0) is 52.5 Å². The molecule has 0 aliphatic carbocycles. The number of hydrogen-bond acceptors (Lipinski definition) is 3. The van der Waals surface area contributed by atoms with E-state index in [9.17, 15) is 0 Å². The van der Waals surface area contributed by atoms with E-state index in [-0.39, 0.29) is 0 Å². The van der Waals surface area contributed by atoms with Crippen LogP contribution in [0, 0.1) is 11.7 Å². The minimum Gasteiger partial charge on any atom is -0.328 e. The molecule has 1 unspecified atom stereocenters. The molecule has 19 heavy (non-hydrogen) atoms. The second-order valence-corrected chi connectivity index (χ2v) is 5.80. The van der Waals surface area contributed by atoms with Gasteiger partial charge in [-0.15, -0.1) is 0 Å². The first-order valence-electron chi connectivity index (χ1n) is 6.98. The van der Waals surface area contributed by atoms with Gasteiger partial charge in [-0.2, -0.15) is 5.10 Å². The highest BCUT2D eigenvalue weighted by molar-refractivity contribution is 7.71. The van der Waals surface area contributed by atoms with Crippen molar-refractivity contribution in [3.05, 3.63) is 10.5 Å². The number of rotatable bonds is 3. The van der Waals surface area contributed by atoms with Crippen LogP contribution in [0.5, 0.6) is 0 Å². The molecule has 1 aliphatic heterocycles. The van der Waals surface area contributed by atoms with Crippen molar-refractivity contribution in [2.24, 2.45) is 0 Å². The van der Waals surface area contributed by atoms with Crippen molar-refractivity contribution in [3.63, 3.8) is 0 Å². The fraction of sp³-hybridized carbons (Fsp3) is 0.692. The summed E-state index contributed by atoms with van der Waals surface area (Å²) >= 11 is 5.49. The van der Waals surface area contributed by atoms with Gasteiger partial charge in [-0.1, -0.05) is 0 Å². The average molecular weight is 279 g/mol. The zero-order valence-corrected chi connectivity index (χ0v) is 12.6. The molecular weight excluding hydrogens is 258 g/mol. The minimum atomic E-state index is 0.589.